The van der Waals surface area contributed by atoms with E-state index in [-0.39, 0.29) is 5.78 Å². The highest BCUT2D eigenvalue weighted by molar-refractivity contribution is 5.96. The van der Waals surface area contributed by atoms with Crippen molar-refractivity contribution in [2.75, 3.05) is 0 Å². The van der Waals surface area contributed by atoms with Gasteiger partial charge < -0.3 is 0 Å². The van der Waals surface area contributed by atoms with Gasteiger partial charge in [0.05, 0.1) is 0 Å². The van der Waals surface area contributed by atoms with Crippen molar-refractivity contribution in [2.45, 2.75) is 51.9 Å². The lowest BCUT2D eigenvalue weighted by Gasteiger charge is -2.56. The lowest BCUT2D eigenvalue weighted by atomic mass is 9.48. The van der Waals surface area contributed by atoms with E-state index in [0.717, 1.165) is 24.5 Å². The Morgan fingerprint density at radius 1 is 1.28 bits per heavy atom. The number of aryl methyl sites for hydroxylation is 1. The third kappa shape index (κ3) is 1.19. The SMILES string of the molecule is CC1(C)[C@H]2Cc3cc4c(nc3[C@@H]1C2)C(=O)CCC4. The highest BCUT2D eigenvalue weighted by Crippen LogP contribution is 2.61. The van der Waals surface area contributed by atoms with Gasteiger partial charge in [0.15, 0.2) is 5.78 Å². The van der Waals surface area contributed by atoms with E-state index in [4.69, 9.17) is 4.98 Å². The van der Waals surface area contributed by atoms with E-state index in [0.29, 0.717) is 17.8 Å². The second kappa shape index (κ2) is 3.23. The van der Waals surface area contributed by atoms with Crippen molar-refractivity contribution in [3.05, 3.63) is 28.6 Å². The van der Waals surface area contributed by atoms with Crippen LogP contribution in [0.5, 0.6) is 0 Å². The van der Waals surface area contributed by atoms with Crippen LogP contribution in [0, 0.1) is 11.3 Å². The lowest BCUT2D eigenvalue weighted by Crippen LogP contribution is -2.48. The summed E-state index contributed by atoms with van der Waals surface area (Å²) in [5, 5.41) is 0. The molecule has 2 atom stereocenters. The number of fused-ring (bicyclic) bond motifs is 1. The van der Waals surface area contributed by atoms with E-state index < -0.39 is 0 Å². The summed E-state index contributed by atoms with van der Waals surface area (Å²) in [4.78, 5) is 16.8. The van der Waals surface area contributed by atoms with Gasteiger partial charge in [-0.25, -0.2) is 4.98 Å². The first-order valence-corrected chi connectivity index (χ1v) is 7.13. The van der Waals surface area contributed by atoms with Crippen LogP contribution in [0.3, 0.4) is 0 Å². The van der Waals surface area contributed by atoms with Gasteiger partial charge in [-0.05, 0) is 48.1 Å². The predicted octanol–water partition coefficient (Wildman–Crippen LogP) is 3.29. The Kier molecular flexibility index (Phi) is 1.92. The molecule has 2 nitrogen and oxygen atoms in total. The maximum atomic E-state index is 12.0. The summed E-state index contributed by atoms with van der Waals surface area (Å²) in [7, 11) is 0. The molecule has 0 N–H and O–H groups in total. The molecule has 0 saturated heterocycles. The molecule has 4 aliphatic rings. The zero-order valence-corrected chi connectivity index (χ0v) is 11.1. The quantitative estimate of drug-likeness (QED) is 0.697. The third-order valence-electron chi connectivity index (χ3n) is 5.59. The van der Waals surface area contributed by atoms with Crippen LogP contribution >= 0.6 is 0 Å². The number of Topliss-reactive ketones (excluding diaryl/α,β-unsaturated/α-hetero) is 1. The number of nitrogens with zero attached hydrogens (tertiary/aromatic N) is 1. The monoisotopic (exact) mass is 241 g/mol. The summed E-state index contributed by atoms with van der Waals surface area (Å²) in [6.45, 7) is 4.72. The molecule has 0 amide bonds. The topological polar surface area (TPSA) is 30.0 Å². The highest BCUT2D eigenvalue weighted by atomic mass is 16.1. The van der Waals surface area contributed by atoms with Crippen molar-refractivity contribution in [1.29, 1.82) is 0 Å². The fourth-order valence-electron chi connectivity index (χ4n) is 4.16. The summed E-state index contributed by atoms with van der Waals surface area (Å²) in [6.07, 6.45) is 5.19. The summed E-state index contributed by atoms with van der Waals surface area (Å²) < 4.78 is 0. The average Bonchev–Trinajstić information content (AvgIpc) is 2.36. The molecule has 18 heavy (non-hydrogen) atoms. The first-order valence-electron chi connectivity index (χ1n) is 7.13. The number of rotatable bonds is 0. The van der Waals surface area contributed by atoms with E-state index in [1.807, 2.05) is 0 Å². The number of hydrogen-bond acceptors (Lipinski definition) is 2. The van der Waals surface area contributed by atoms with E-state index in [1.54, 1.807) is 0 Å². The molecule has 2 heteroatoms. The molecule has 4 aliphatic carbocycles. The van der Waals surface area contributed by atoms with Gasteiger partial charge in [-0.1, -0.05) is 19.9 Å². The number of ketones is 1. The molecule has 1 aromatic heterocycles. The Hall–Kier alpha value is -1.18. The van der Waals surface area contributed by atoms with Crippen LogP contribution in [0.15, 0.2) is 6.07 Å². The zero-order chi connectivity index (χ0) is 12.5. The van der Waals surface area contributed by atoms with Crippen LogP contribution in [-0.4, -0.2) is 10.8 Å². The second-order valence-corrected chi connectivity index (χ2v) is 6.83. The van der Waals surface area contributed by atoms with Crippen LogP contribution in [0.4, 0.5) is 0 Å². The van der Waals surface area contributed by atoms with E-state index in [1.165, 1.54) is 29.7 Å². The standard InChI is InChI=1S/C16H19NO/c1-16(2)11-7-10-6-9-4-3-5-13(18)15(9)17-14(10)12(16)8-11/h6,11-12H,3-5,7-8H2,1-2H3/t11-,12-/m0/s1. The summed E-state index contributed by atoms with van der Waals surface area (Å²) in [5.41, 5.74) is 5.08. The number of aromatic nitrogens is 1. The molecule has 0 aromatic carbocycles. The number of pyridine rings is 1. The van der Waals surface area contributed by atoms with Gasteiger partial charge in [0, 0.05) is 18.0 Å². The molecule has 1 saturated carbocycles. The Balaban J connectivity index is 1.87. The van der Waals surface area contributed by atoms with Crippen LogP contribution in [0.25, 0.3) is 0 Å². The van der Waals surface area contributed by atoms with Gasteiger partial charge in [-0.15, -0.1) is 0 Å². The lowest BCUT2D eigenvalue weighted by molar-refractivity contribution is 0.0152. The Morgan fingerprint density at radius 3 is 2.89 bits per heavy atom. The maximum absolute atomic E-state index is 12.0. The van der Waals surface area contributed by atoms with Gasteiger partial charge in [-0.2, -0.15) is 0 Å². The molecule has 1 aromatic rings. The molecular weight excluding hydrogens is 222 g/mol. The number of carbonyl (C=O) groups excluding carboxylic acids is 1. The van der Waals surface area contributed by atoms with Gasteiger partial charge in [0.2, 0.25) is 0 Å². The van der Waals surface area contributed by atoms with Gasteiger partial charge in [0.1, 0.15) is 5.69 Å². The minimum Gasteiger partial charge on any atom is -0.292 e. The van der Waals surface area contributed by atoms with Crippen LogP contribution in [0.1, 0.15) is 66.3 Å². The normalized spacial score (nSPS) is 31.3. The fourth-order valence-corrected chi connectivity index (χ4v) is 4.16. The van der Waals surface area contributed by atoms with Gasteiger partial charge in [-0.3, -0.25) is 4.79 Å². The minimum atomic E-state index is 0.262. The summed E-state index contributed by atoms with van der Waals surface area (Å²) in [6, 6.07) is 2.29. The molecular formula is C16H19NO. The second-order valence-electron chi connectivity index (χ2n) is 6.83. The van der Waals surface area contributed by atoms with Crippen LogP contribution < -0.4 is 0 Å². The average molecular weight is 241 g/mol. The number of hydrogen-bond donors (Lipinski definition) is 0. The molecule has 0 spiro atoms. The third-order valence-corrected chi connectivity index (χ3v) is 5.59. The molecule has 5 rings (SSSR count). The van der Waals surface area contributed by atoms with Gasteiger partial charge >= 0.3 is 0 Å². The zero-order valence-electron chi connectivity index (χ0n) is 11.1. The largest absolute Gasteiger partial charge is 0.292 e. The first kappa shape index (κ1) is 10.7. The van der Waals surface area contributed by atoms with Gasteiger partial charge in [0.25, 0.3) is 0 Å². The van der Waals surface area contributed by atoms with Crippen molar-refractivity contribution in [2.24, 2.45) is 11.3 Å². The molecule has 94 valence electrons. The van der Waals surface area contributed by atoms with E-state index in [9.17, 15) is 4.79 Å². The van der Waals surface area contributed by atoms with Crippen molar-refractivity contribution >= 4 is 5.78 Å². The molecule has 1 fully saturated rings. The molecule has 0 aliphatic heterocycles. The fraction of sp³-hybridized carbons (Fsp3) is 0.625. The van der Waals surface area contributed by atoms with E-state index in [2.05, 4.69) is 19.9 Å². The van der Waals surface area contributed by atoms with Crippen molar-refractivity contribution in [3.63, 3.8) is 0 Å². The predicted molar refractivity (Wildman–Crippen MR) is 69.8 cm³/mol. The smallest absolute Gasteiger partial charge is 0.181 e. The Morgan fingerprint density at radius 2 is 2.11 bits per heavy atom. The van der Waals surface area contributed by atoms with Crippen LogP contribution in [-0.2, 0) is 12.8 Å². The van der Waals surface area contributed by atoms with E-state index >= 15 is 0 Å². The first-order chi connectivity index (χ1) is 8.57. The minimum absolute atomic E-state index is 0.262. The number of carbonyl (C=O) groups is 1. The Labute approximate surface area is 108 Å². The Bertz CT molecular complexity index is 558. The van der Waals surface area contributed by atoms with Crippen LogP contribution in [0.2, 0.25) is 0 Å². The summed E-state index contributed by atoms with van der Waals surface area (Å²) >= 11 is 0. The molecule has 0 unspecified atom stereocenters. The maximum Gasteiger partial charge on any atom is 0.181 e. The summed E-state index contributed by atoms with van der Waals surface area (Å²) in [5.74, 6) is 1.68. The molecule has 2 bridgehead atoms. The highest BCUT2D eigenvalue weighted by Gasteiger charge is 2.53. The molecule has 0 radical (unpaired) electrons. The van der Waals surface area contributed by atoms with Crippen molar-refractivity contribution in [1.82, 2.24) is 4.98 Å². The van der Waals surface area contributed by atoms with Crippen molar-refractivity contribution in [3.8, 4) is 0 Å². The van der Waals surface area contributed by atoms with Crippen molar-refractivity contribution < 1.29 is 4.79 Å². The molecule has 1 heterocycles.